The number of hydrogen-bond acceptors (Lipinski definition) is 6. The number of fused-ring (bicyclic) bond motifs is 2. The molecule has 3 N–H and O–H groups in total. The van der Waals surface area contributed by atoms with Gasteiger partial charge in [0.2, 0.25) is 0 Å². The first kappa shape index (κ1) is 23.7. The van der Waals surface area contributed by atoms with Gasteiger partial charge >= 0.3 is 6.18 Å². The first-order chi connectivity index (χ1) is 18.1. The minimum absolute atomic E-state index is 0.00645. The number of alkyl halides is 3. The summed E-state index contributed by atoms with van der Waals surface area (Å²) in [6.45, 7) is 0. The first-order valence-corrected chi connectivity index (χ1v) is 11.2. The number of benzene rings is 2. The van der Waals surface area contributed by atoms with Gasteiger partial charge in [-0.15, -0.1) is 0 Å². The SMILES string of the molecule is Nc1noc2ccc(-n3nc(C(F)(F)F)c4c3=C(F)C(=c3ccc(=C5C=CC=CN5O)cc3F)CC=4)cc12. The fraction of sp³-hybridized carbons (Fsp3) is 0.0769. The Hall–Kier alpha value is -4.71. The van der Waals surface area contributed by atoms with Crippen molar-refractivity contribution >= 4 is 40.0 Å². The van der Waals surface area contributed by atoms with Gasteiger partial charge in [-0.25, -0.2) is 18.5 Å². The van der Waals surface area contributed by atoms with Crippen molar-refractivity contribution in [2.45, 2.75) is 12.6 Å². The van der Waals surface area contributed by atoms with Crippen molar-refractivity contribution in [2.24, 2.45) is 0 Å². The van der Waals surface area contributed by atoms with Gasteiger partial charge in [-0.05, 0) is 42.8 Å². The highest BCUT2D eigenvalue weighted by atomic mass is 19.4. The number of nitrogens with zero attached hydrogens (tertiary/aromatic N) is 4. The maximum absolute atomic E-state index is 16.0. The average molecular weight is 525 g/mol. The highest BCUT2D eigenvalue weighted by Gasteiger charge is 2.37. The van der Waals surface area contributed by atoms with Gasteiger partial charge in [0.15, 0.2) is 22.9 Å². The number of aromatic nitrogens is 3. The van der Waals surface area contributed by atoms with E-state index in [4.69, 9.17) is 10.3 Å². The third-order valence-corrected chi connectivity index (χ3v) is 6.33. The van der Waals surface area contributed by atoms with E-state index in [0.29, 0.717) is 16.3 Å². The van der Waals surface area contributed by atoms with Gasteiger partial charge in [-0.2, -0.15) is 18.3 Å². The summed E-state index contributed by atoms with van der Waals surface area (Å²) < 4.78 is 78.7. The van der Waals surface area contributed by atoms with E-state index < -0.39 is 34.1 Å². The lowest BCUT2D eigenvalue weighted by Crippen LogP contribution is -2.36. The van der Waals surface area contributed by atoms with Crippen LogP contribution in [0.25, 0.3) is 39.8 Å². The number of allylic oxidation sites excluding steroid dienone is 2. The van der Waals surface area contributed by atoms with Crippen LogP contribution in [-0.4, -0.2) is 25.2 Å². The largest absolute Gasteiger partial charge is 0.435 e. The van der Waals surface area contributed by atoms with Crippen LogP contribution in [0.1, 0.15) is 12.1 Å². The Morgan fingerprint density at radius 2 is 1.87 bits per heavy atom. The third-order valence-electron chi connectivity index (χ3n) is 6.33. The standard InChI is InChI=1S/C26H16F5N5O2/c27-19-11-13(20-3-1-2-10-35(20)37)4-6-15(19)16-7-8-17-23(22(16)28)36(33-24(17)26(29,30)31)14-5-9-21-18(12-14)25(32)34-38-21/h1-6,8-12,37H,7H2,(H2,32,34). The maximum Gasteiger partial charge on any atom is 0.435 e. The molecule has 12 heteroatoms. The van der Waals surface area contributed by atoms with Gasteiger partial charge < -0.3 is 10.3 Å². The van der Waals surface area contributed by atoms with Crippen molar-refractivity contribution < 1.29 is 31.7 Å². The molecule has 3 heterocycles. The molecule has 2 aromatic heterocycles. The topological polar surface area (TPSA) is 93.3 Å². The molecular formula is C26H16F5N5O2. The lowest BCUT2D eigenvalue weighted by molar-refractivity contribution is -0.142. The Bertz CT molecular complexity index is 1950. The summed E-state index contributed by atoms with van der Waals surface area (Å²) in [4.78, 5) is 0. The number of nitrogens with two attached hydrogens (primary N) is 1. The molecule has 0 unspecified atom stereocenters. The lowest BCUT2D eigenvalue weighted by Gasteiger charge is -2.15. The Labute approximate surface area is 209 Å². The molecule has 0 saturated carbocycles. The number of anilines is 1. The van der Waals surface area contributed by atoms with Crippen LogP contribution >= 0.6 is 0 Å². The van der Waals surface area contributed by atoms with E-state index in [0.717, 1.165) is 15.8 Å². The summed E-state index contributed by atoms with van der Waals surface area (Å²) in [5, 5.41) is 17.7. The van der Waals surface area contributed by atoms with Gasteiger partial charge in [0.25, 0.3) is 0 Å². The highest BCUT2D eigenvalue weighted by molar-refractivity contribution is 5.89. The van der Waals surface area contributed by atoms with Crippen LogP contribution in [0.2, 0.25) is 0 Å². The summed E-state index contributed by atoms with van der Waals surface area (Å²) in [6.07, 6.45) is 2.17. The van der Waals surface area contributed by atoms with E-state index in [1.807, 2.05) is 0 Å². The zero-order valence-electron chi connectivity index (χ0n) is 19.2. The molecule has 192 valence electrons. The molecule has 7 nitrogen and oxygen atoms in total. The predicted molar refractivity (Wildman–Crippen MR) is 128 cm³/mol. The second kappa shape index (κ2) is 8.42. The maximum atomic E-state index is 16.0. The second-order valence-corrected chi connectivity index (χ2v) is 8.59. The average Bonchev–Trinajstić information content (AvgIpc) is 3.46. The Morgan fingerprint density at radius 1 is 1.05 bits per heavy atom. The van der Waals surface area contributed by atoms with E-state index in [9.17, 15) is 18.4 Å². The van der Waals surface area contributed by atoms with Gasteiger partial charge in [0.05, 0.1) is 16.8 Å². The lowest BCUT2D eigenvalue weighted by atomic mass is 10.0. The summed E-state index contributed by atoms with van der Waals surface area (Å²) >= 11 is 0. The van der Waals surface area contributed by atoms with E-state index in [2.05, 4.69) is 10.3 Å². The second-order valence-electron chi connectivity index (χ2n) is 8.59. The minimum atomic E-state index is -4.87. The number of hydrogen-bond donors (Lipinski definition) is 2. The summed E-state index contributed by atoms with van der Waals surface area (Å²) in [5.74, 6) is -1.85. The summed E-state index contributed by atoms with van der Waals surface area (Å²) in [6, 6.07) is 8.13. The summed E-state index contributed by atoms with van der Waals surface area (Å²) in [7, 11) is 0. The molecule has 0 saturated heterocycles. The Kier molecular flexibility index (Phi) is 5.24. The molecule has 0 bridgehead atoms. The first-order valence-electron chi connectivity index (χ1n) is 11.2. The molecule has 0 atom stereocenters. The molecule has 0 amide bonds. The molecular weight excluding hydrogens is 509 g/mol. The Morgan fingerprint density at radius 3 is 2.61 bits per heavy atom. The molecule has 1 aliphatic carbocycles. The number of halogens is 5. The van der Waals surface area contributed by atoms with Gasteiger partial charge in [0.1, 0.15) is 11.2 Å². The third kappa shape index (κ3) is 3.68. The van der Waals surface area contributed by atoms with Crippen LogP contribution in [-0.2, 0) is 6.18 Å². The van der Waals surface area contributed by atoms with Gasteiger partial charge in [-0.3, -0.25) is 5.21 Å². The molecule has 0 radical (unpaired) electrons. The molecule has 38 heavy (non-hydrogen) atoms. The van der Waals surface area contributed by atoms with E-state index in [1.165, 1.54) is 42.6 Å². The van der Waals surface area contributed by atoms with Gasteiger partial charge in [0, 0.05) is 27.4 Å². The normalized spacial score (nSPS) is 18.3. The highest BCUT2D eigenvalue weighted by Crippen LogP contribution is 2.28. The van der Waals surface area contributed by atoms with Crippen molar-refractivity contribution in [3.05, 3.63) is 93.3 Å². The van der Waals surface area contributed by atoms with Crippen LogP contribution in [0, 0.1) is 5.82 Å². The fourth-order valence-corrected chi connectivity index (χ4v) is 4.56. The molecule has 4 aromatic rings. The number of nitrogen functional groups attached to an aromatic ring is 1. The fourth-order valence-electron chi connectivity index (χ4n) is 4.56. The van der Waals surface area contributed by atoms with Gasteiger partial charge in [-0.1, -0.05) is 29.4 Å². The minimum Gasteiger partial charge on any atom is -0.380 e. The van der Waals surface area contributed by atoms with E-state index in [-0.39, 0.29) is 34.3 Å². The Balaban J connectivity index is 1.63. The number of rotatable bonds is 1. The molecule has 6 rings (SSSR count). The zero-order valence-corrected chi connectivity index (χ0v) is 19.2. The van der Waals surface area contributed by atoms with Crippen LogP contribution in [0.5, 0.6) is 0 Å². The zero-order chi connectivity index (χ0) is 26.8. The molecule has 1 aliphatic heterocycles. The van der Waals surface area contributed by atoms with Crippen molar-refractivity contribution in [3.63, 3.8) is 0 Å². The van der Waals surface area contributed by atoms with Crippen LogP contribution in [0.3, 0.4) is 0 Å². The summed E-state index contributed by atoms with van der Waals surface area (Å²) in [5.41, 5.74) is 5.02. The monoisotopic (exact) mass is 525 g/mol. The van der Waals surface area contributed by atoms with E-state index in [1.54, 1.807) is 18.2 Å². The van der Waals surface area contributed by atoms with Crippen molar-refractivity contribution in [1.82, 2.24) is 20.0 Å². The van der Waals surface area contributed by atoms with Crippen LogP contribution in [0.4, 0.5) is 27.8 Å². The molecule has 2 aromatic carbocycles. The molecule has 0 spiro atoms. The molecule has 2 aliphatic rings. The van der Waals surface area contributed by atoms with Crippen LogP contribution < -0.4 is 26.7 Å². The quantitative estimate of drug-likeness (QED) is 0.372. The molecule has 0 fully saturated rings. The van der Waals surface area contributed by atoms with Crippen molar-refractivity contribution in [3.8, 4) is 5.69 Å². The smallest absolute Gasteiger partial charge is 0.380 e. The van der Waals surface area contributed by atoms with Crippen molar-refractivity contribution in [1.29, 1.82) is 0 Å². The van der Waals surface area contributed by atoms with Crippen LogP contribution in [0.15, 0.2) is 65.3 Å². The number of hydroxylamine groups is 2. The van der Waals surface area contributed by atoms with Crippen molar-refractivity contribution in [2.75, 3.05) is 5.73 Å². The predicted octanol–water partition coefficient (Wildman–Crippen LogP) is 2.75. The van der Waals surface area contributed by atoms with E-state index >= 15 is 8.78 Å².